The molecule has 1 heteroatoms. The van der Waals surface area contributed by atoms with Crippen molar-refractivity contribution in [2.45, 2.75) is 19.8 Å². The van der Waals surface area contributed by atoms with Crippen molar-refractivity contribution < 1.29 is 0 Å². The molecule has 122 valence electrons. The minimum Gasteiger partial charge on any atom is -0.368 e. The molecule has 0 saturated carbocycles. The normalized spacial score (nSPS) is 12.0. The lowest BCUT2D eigenvalue weighted by Gasteiger charge is -2.04. The quantitative estimate of drug-likeness (QED) is 0.618. The number of hydrogen-bond donors (Lipinski definition) is 1. The van der Waals surface area contributed by atoms with Crippen molar-refractivity contribution in [3.05, 3.63) is 115 Å². The fourth-order valence-corrected chi connectivity index (χ4v) is 2.37. The molecule has 0 spiro atoms. The molecule has 0 unspecified atom stereocenters. The van der Waals surface area contributed by atoms with Gasteiger partial charge in [0.15, 0.2) is 0 Å². The van der Waals surface area contributed by atoms with Crippen LogP contribution in [0.5, 0.6) is 0 Å². The maximum Gasteiger partial charge on any atom is 0.00833 e. The van der Waals surface area contributed by atoms with E-state index >= 15 is 0 Å². The van der Waals surface area contributed by atoms with Gasteiger partial charge in [0.2, 0.25) is 0 Å². The van der Waals surface area contributed by atoms with Crippen molar-refractivity contribution in [2.75, 3.05) is 0 Å². The zero-order valence-corrected chi connectivity index (χ0v) is 14.3. The minimum absolute atomic E-state index is 0.945. The fraction of sp³-hybridized carbons (Fsp3) is 0.130. The van der Waals surface area contributed by atoms with Crippen LogP contribution in [0.25, 0.3) is 5.57 Å². The maximum absolute atomic E-state index is 3.70. The van der Waals surface area contributed by atoms with E-state index < -0.39 is 0 Å². The van der Waals surface area contributed by atoms with Gasteiger partial charge in [-0.1, -0.05) is 92.4 Å². The second-order valence-electron chi connectivity index (χ2n) is 5.50. The van der Waals surface area contributed by atoms with Gasteiger partial charge >= 0.3 is 0 Å². The number of allylic oxidation sites excluding steroid dienone is 5. The second-order valence-corrected chi connectivity index (χ2v) is 5.50. The van der Waals surface area contributed by atoms with Crippen LogP contribution in [0.4, 0.5) is 0 Å². The highest BCUT2D eigenvalue weighted by atomic mass is 14.8. The molecule has 0 aliphatic rings. The predicted octanol–water partition coefficient (Wildman–Crippen LogP) is 5.68. The molecule has 1 N–H and O–H groups in total. The molecule has 0 aliphatic heterocycles. The molecule has 2 aromatic rings. The number of nitrogens with one attached hydrogen (secondary N) is 1. The Balaban J connectivity index is 2.03. The van der Waals surface area contributed by atoms with Crippen molar-refractivity contribution in [3.8, 4) is 0 Å². The molecule has 0 atom stereocenters. The van der Waals surface area contributed by atoms with Gasteiger partial charge in [-0.3, -0.25) is 0 Å². The van der Waals surface area contributed by atoms with Crippen LogP contribution in [0.3, 0.4) is 0 Å². The first-order valence-electron chi connectivity index (χ1n) is 8.37. The summed E-state index contributed by atoms with van der Waals surface area (Å²) in [7, 11) is 0. The van der Waals surface area contributed by atoms with Gasteiger partial charge in [-0.2, -0.15) is 0 Å². The molecule has 0 radical (unpaired) electrons. The van der Waals surface area contributed by atoms with Crippen molar-refractivity contribution >= 4 is 5.57 Å². The summed E-state index contributed by atoms with van der Waals surface area (Å²) in [6, 6.07) is 19.1. The first-order valence-corrected chi connectivity index (χ1v) is 8.37. The molecule has 2 aromatic carbocycles. The van der Waals surface area contributed by atoms with Crippen molar-refractivity contribution in [1.29, 1.82) is 0 Å². The molecule has 0 saturated heterocycles. The van der Waals surface area contributed by atoms with Crippen molar-refractivity contribution in [2.24, 2.45) is 0 Å². The van der Waals surface area contributed by atoms with E-state index in [1.54, 1.807) is 6.20 Å². The van der Waals surface area contributed by atoms with Crippen LogP contribution in [0.15, 0.2) is 97.9 Å². The Kier molecular flexibility index (Phi) is 7.36. The van der Waals surface area contributed by atoms with E-state index in [2.05, 4.69) is 91.7 Å². The number of aryl methyl sites for hydroxylation is 1. The molecular weight excluding hydrogens is 290 g/mol. The number of benzene rings is 2. The summed E-state index contributed by atoms with van der Waals surface area (Å²) in [6.07, 6.45) is 14.1. The maximum atomic E-state index is 3.70. The lowest BCUT2D eigenvalue weighted by Crippen LogP contribution is -1.94. The average Bonchev–Trinajstić information content (AvgIpc) is 2.65. The van der Waals surface area contributed by atoms with Gasteiger partial charge in [-0.25, -0.2) is 0 Å². The molecule has 1 nitrogen and oxygen atoms in total. The lowest BCUT2D eigenvalue weighted by atomic mass is 10.0. The predicted molar refractivity (Wildman–Crippen MR) is 106 cm³/mol. The molecule has 0 bridgehead atoms. The zero-order chi connectivity index (χ0) is 17.0. The topological polar surface area (TPSA) is 12.0 Å². The Morgan fingerprint density at radius 1 is 0.958 bits per heavy atom. The summed E-state index contributed by atoms with van der Waals surface area (Å²) >= 11 is 0. The average molecular weight is 315 g/mol. The van der Waals surface area contributed by atoms with Crippen LogP contribution in [0.2, 0.25) is 0 Å². The van der Waals surface area contributed by atoms with Gasteiger partial charge in [0.05, 0.1) is 0 Å². The van der Waals surface area contributed by atoms with Crippen molar-refractivity contribution in [1.82, 2.24) is 5.32 Å². The van der Waals surface area contributed by atoms with E-state index in [1.165, 1.54) is 16.7 Å². The summed E-state index contributed by atoms with van der Waals surface area (Å²) in [4.78, 5) is 0. The standard InChI is InChI=1S/C23H25N/c1-3-20-15-17-22(18-16-20)23(19-24-4-2)14-10-6-9-13-21-11-7-5-8-12-21/h4-12,14-19,24H,2-3,13H2,1H3/b9-6+,14-10-,23-19+. The lowest BCUT2D eigenvalue weighted by molar-refractivity contribution is 1.14. The van der Waals surface area contributed by atoms with Gasteiger partial charge < -0.3 is 5.32 Å². The van der Waals surface area contributed by atoms with Crippen molar-refractivity contribution in [3.63, 3.8) is 0 Å². The van der Waals surface area contributed by atoms with Crippen LogP contribution in [-0.4, -0.2) is 0 Å². The third kappa shape index (κ3) is 5.77. The summed E-state index contributed by atoms with van der Waals surface area (Å²) in [5.74, 6) is 0. The van der Waals surface area contributed by atoms with E-state index in [9.17, 15) is 0 Å². The largest absolute Gasteiger partial charge is 0.368 e. The van der Waals surface area contributed by atoms with E-state index in [4.69, 9.17) is 0 Å². The Labute approximate surface area is 145 Å². The Morgan fingerprint density at radius 2 is 1.71 bits per heavy atom. The van der Waals surface area contributed by atoms with E-state index in [0.717, 1.165) is 18.4 Å². The summed E-state index contributed by atoms with van der Waals surface area (Å²) in [5, 5.41) is 3.07. The third-order valence-corrected chi connectivity index (χ3v) is 3.77. The molecular formula is C23H25N. The highest BCUT2D eigenvalue weighted by molar-refractivity contribution is 5.74. The minimum atomic E-state index is 0.945. The molecule has 0 fully saturated rings. The Bertz CT molecular complexity index is 703. The van der Waals surface area contributed by atoms with Crippen LogP contribution in [-0.2, 0) is 12.8 Å². The summed E-state index contributed by atoms with van der Waals surface area (Å²) in [6.45, 7) is 5.87. The Hall–Kier alpha value is -2.80. The monoisotopic (exact) mass is 315 g/mol. The SMILES string of the molecule is C=CN\C=C(/C=C\C=C\Cc1ccccc1)c1ccc(CC)cc1. The second kappa shape index (κ2) is 10.1. The molecule has 0 aliphatic carbocycles. The number of rotatable bonds is 8. The van der Waals surface area contributed by atoms with Crippen LogP contribution in [0.1, 0.15) is 23.6 Å². The van der Waals surface area contributed by atoms with E-state index in [-0.39, 0.29) is 0 Å². The zero-order valence-electron chi connectivity index (χ0n) is 14.3. The first-order chi connectivity index (χ1) is 11.8. The number of hydrogen-bond acceptors (Lipinski definition) is 1. The summed E-state index contributed by atoms with van der Waals surface area (Å²) < 4.78 is 0. The summed E-state index contributed by atoms with van der Waals surface area (Å²) in [5.41, 5.74) is 4.99. The van der Waals surface area contributed by atoms with Gasteiger partial charge in [0.25, 0.3) is 0 Å². The molecule has 0 aromatic heterocycles. The van der Waals surface area contributed by atoms with Crippen LogP contribution >= 0.6 is 0 Å². The highest BCUT2D eigenvalue weighted by Gasteiger charge is 1.97. The van der Waals surface area contributed by atoms with Crippen LogP contribution in [0, 0.1) is 0 Å². The third-order valence-electron chi connectivity index (χ3n) is 3.77. The van der Waals surface area contributed by atoms with Gasteiger partial charge in [0.1, 0.15) is 0 Å². The van der Waals surface area contributed by atoms with E-state index in [0.29, 0.717) is 0 Å². The molecule has 0 amide bonds. The highest BCUT2D eigenvalue weighted by Crippen LogP contribution is 2.16. The molecule has 2 rings (SSSR count). The van der Waals surface area contributed by atoms with E-state index in [1.807, 2.05) is 12.3 Å². The molecule has 0 heterocycles. The fourth-order valence-electron chi connectivity index (χ4n) is 2.37. The first kappa shape index (κ1) is 17.6. The van der Waals surface area contributed by atoms with Gasteiger partial charge in [-0.05, 0) is 41.3 Å². The molecule has 24 heavy (non-hydrogen) atoms. The smallest absolute Gasteiger partial charge is 0.00833 e. The van der Waals surface area contributed by atoms with Gasteiger partial charge in [0, 0.05) is 6.20 Å². The van der Waals surface area contributed by atoms with Gasteiger partial charge in [-0.15, -0.1) is 0 Å². The van der Waals surface area contributed by atoms with Crippen LogP contribution < -0.4 is 5.32 Å². The Morgan fingerprint density at radius 3 is 2.38 bits per heavy atom.